The molecule has 0 atom stereocenters. The van der Waals surface area contributed by atoms with Crippen molar-refractivity contribution in [2.45, 2.75) is 84.1 Å². The van der Waals surface area contributed by atoms with Crippen molar-refractivity contribution in [1.82, 2.24) is 0 Å². The summed E-state index contributed by atoms with van der Waals surface area (Å²) >= 11 is 0. The van der Waals surface area contributed by atoms with Crippen LogP contribution < -0.4 is 12.4 Å². The predicted molar refractivity (Wildman–Crippen MR) is 104 cm³/mol. The molecule has 0 amide bonds. The standard InChI is InChI=1S/C22H40N.ClH/c1-5-6-7-8-9-10-11-12-13-14-17-21-18-15-16-19-22(21)20-23(2,3)4;/h15-16,18-19H,5-14,17,20H2,1-4H3;1H/q+1;/p-1. The molecule has 0 fully saturated rings. The molecule has 1 aromatic rings. The fraction of sp³-hybridized carbons (Fsp3) is 0.727. The summed E-state index contributed by atoms with van der Waals surface area (Å²) in [4.78, 5) is 0. The molecule has 24 heavy (non-hydrogen) atoms. The SMILES string of the molecule is CCCCCCCCCCCCc1ccccc1C[N+](C)(C)C.[Cl-]. The number of benzene rings is 1. The van der Waals surface area contributed by atoms with Crippen molar-refractivity contribution in [2.75, 3.05) is 21.1 Å². The van der Waals surface area contributed by atoms with Crippen LogP contribution in [0.2, 0.25) is 0 Å². The largest absolute Gasteiger partial charge is 1.00 e. The van der Waals surface area contributed by atoms with E-state index in [1.54, 1.807) is 5.56 Å². The molecule has 0 saturated carbocycles. The number of unbranched alkanes of at least 4 members (excludes halogenated alkanes) is 9. The second kappa shape index (κ2) is 13.7. The summed E-state index contributed by atoms with van der Waals surface area (Å²) < 4.78 is 1.01. The van der Waals surface area contributed by atoms with E-state index in [0.717, 1.165) is 11.0 Å². The summed E-state index contributed by atoms with van der Waals surface area (Å²) in [5, 5.41) is 0. The maximum absolute atomic E-state index is 2.33. The van der Waals surface area contributed by atoms with Crippen LogP contribution in [-0.4, -0.2) is 25.6 Å². The fourth-order valence-corrected chi connectivity index (χ4v) is 3.27. The van der Waals surface area contributed by atoms with Gasteiger partial charge in [0.2, 0.25) is 0 Å². The van der Waals surface area contributed by atoms with Crippen LogP contribution >= 0.6 is 0 Å². The Balaban J connectivity index is 0.00000529. The van der Waals surface area contributed by atoms with Gasteiger partial charge in [-0.1, -0.05) is 89.0 Å². The molecule has 140 valence electrons. The Bertz CT molecular complexity index is 409. The van der Waals surface area contributed by atoms with Gasteiger partial charge < -0.3 is 16.9 Å². The van der Waals surface area contributed by atoms with Gasteiger partial charge in [-0.15, -0.1) is 0 Å². The van der Waals surface area contributed by atoms with Gasteiger partial charge in [0, 0.05) is 5.56 Å². The third-order valence-corrected chi connectivity index (χ3v) is 4.56. The Hall–Kier alpha value is -0.530. The Morgan fingerprint density at radius 3 is 1.62 bits per heavy atom. The molecule has 0 N–H and O–H groups in total. The van der Waals surface area contributed by atoms with Gasteiger partial charge in [0.25, 0.3) is 0 Å². The summed E-state index contributed by atoms with van der Waals surface area (Å²) in [7, 11) is 6.83. The van der Waals surface area contributed by atoms with Gasteiger partial charge in [-0.05, 0) is 18.4 Å². The summed E-state index contributed by atoms with van der Waals surface area (Å²) in [6, 6.07) is 9.03. The van der Waals surface area contributed by atoms with Gasteiger partial charge in [0.15, 0.2) is 0 Å². The number of halogens is 1. The first-order chi connectivity index (χ1) is 11.0. The monoisotopic (exact) mass is 353 g/mol. The molecule has 0 bridgehead atoms. The average molecular weight is 354 g/mol. The predicted octanol–water partition coefficient (Wildman–Crippen LogP) is 3.36. The van der Waals surface area contributed by atoms with Crippen molar-refractivity contribution >= 4 is 0 Å². The summed E-state index contributed by atoms with van der Waals surface area (Å²) in [5.41, 5.74) is 3.11. The molecule has 0 unspecified atom stereocenters. The van der Waals surface area contributed by atoms with E-state index in [1.807, 2.05) is 0 Å². The molecule has 0 radical (unpaired) electrons. The van der Waals surface area contributed by atoms with Gasteiger partial charge in [-0.2, -0.15) is 0 Å². The minimum Gasteiger partial charge on any atom is -1.00 e. The first-order valence-electron chi connectivity index (χ1n) is 9.90. The smallest absolute Gasteiger partial charge is 0.104 e. The first kappa shape index (κ1) is 23.5. The Morgan fingerprint density at radius 2 is 1.12 bits per heavy atom. The maximum atomic E-state index is 2.33. The number of nitrogens with zero attached hydrogens (tertiary/aromatic N) is 1. The highest BCUT2D eigenvalue weighted by Gasteiger charge is 2.11. The molecule has 0 aromatic heterocycles. The minimum atomic E-state index is 0. The van der Waals surface area contributed by atoms with Crippen LogP contribution in [0.15, 0.2) is 24.3 Å². The second-order valence-electron chi connectivity index (χ2n) is 8.15. The van der Waals surface area contributed by atoms with Crippen LogP contribution in [0, 0.1) is 0 Å². The third-order valence-electron chi connectivity index (χ3n) is 4.56. The van der Waals surface area contributed by atoms with Crippen molar-refractivity contribution in [1.29, 1.82) is 0 Å². The molecular formula is C22H40ClN. The third kappa shape index (κ3) is 11.9. The van der Waals surface area contributed by atoms with Crippen LogP contribution in [0.4, 0.5) is 0 Å². The Labute approximate surface area is 157 Å². The zero-order chi connectivity index (χ0) is 17.0. The molecule has 0 heterocycles. The molecule has 1 rings (SSSR count). The van der Waals surface area contributed by atoms with Gasteiger partial charge in [-0.3, -0.25) is 0 Å². The molecule has 1 nitrogen and oxygen atoms in total. The van der Waals surface area contributed by atoms with Crippen LogP contribution in [0.1, 0.15) is 82.3 Å². The number of quaternary nitrogens is 1. The summed E-state index contributed by atoms with van der Waals surface area (Å²) in [6.07, 6.45) is 15.4. The van der Waals surface area contributed by atoms with Crippen LogP contribution in [0.3, 0.4) is 0 Å². The second-order valence-corrected chi connectivity index (χ2v) is 8.15. The zero-order valence-corrected chi connectivity index (χ0v) is 17.4. The molecule has 0 spiro atoms. The van der Waals surface area contributed by atoms with Gasteiger partial charge >= 0.3 is 0 Å². The zero-order valence-electron chi connectivity index (χ0n) is 16.6. The van der Waals surface area contributed by atoms with Crippen LogP contribution in [-0.2, 0) is 13.0 Å². The van der Waals surface area contributed by atoms with E-state index in [4.69, 9.17) is 0 Å². The van der Waals surface area contributed by atoms with Gasteiger partial charge in [0.05, 0.1) is 21.1 Å². The lowest BCUT2D eigenvalue weighted by Gasteiger charge is -2.25. The van der Waals surface area contributed by atoms with Gasteiger partial charge in [-0.25, -0.2) is 0 Å². The van der Waals surface area contributed by atoms with Crippen molar-refractivity contribution in [3.05, 3.63) is 35.4 Å². The summed E-state index contributed by atoms with van der Waals surface area (Å²) in [5.74, 6) is 0. The van der Waals surface area contributed by atoms with Crippen molar-refractivity contribution in [3.63, 3.8) is 0 Å². The maximum Gasteiger partial charge on any atom is 0.104 e. The molecule has 0 saturated heterocycles. The Kier molecular flexibility index (Phi) is 13.4. The van der Waals surface area contributed by atoms with E-state index in [2.05, 4.69) is 52.3 Å². The first-order valence-corrected chi connectivity index (χ1v) is 9.90. The number of hydrogen-bond donors (Lipinski definition) is 0. The molecule has 0 aliphatic rings. The average Bonchev–Trinajstić information content (AvgIpc) is 2.49. The summed E-state index contributed by atoms with van der Waals surface area (Å²) in [6.45, 7) is 3.42. The van der Waals surface area contributed by atoms with E-state index in [9.17, 15) is 0 Å². The highest BCUT2D eigenvalue weighted by molar-refractivity contribution is 5.26. The van der Waals surface area contributed by atoms with Crippen molar-refractivity contribution in [2.24, 2.45) is 0 Å². The van der Waals surface area contributed by atoms with Gasteiger partial charge in [0.1, 0.15) is 6.54 Å². The van der Waals surface area contributed by atoms with Crippen LogP contribution in [0.5, 0.6) is 0 Å². The number of hydrogen-bond acceptors (Lipinski definition) is 0. The molecule has 2 heteroatoms. The van der Waals surface area contributed by atoms with Crippen molar-refractivity contribution < 1.29 is 16.9 Å². The topological polar surface area (TPSA) is 0 Å². The molecule has 0 aliphatic heterocycles. The minimum absolute atomic E-state index is 0. The van der Waals surface area contributed by atoms with Crippen LogP contribution in [0.25, 0.3) is 0 Å². The Morgan fingerprint density at radius 1 is 0.667 bits per heavy atom. The van der Waals surface area contributed by atoms with E-state index in [-0.39, 0.29) is 12.4 Å². The number of rotatable bonds is 13. The van der Waals surface area contributed by atoms with E-state index < -0.39 is 0 Å². The normalized spacial score (nSPS) is 11.3. The molecule has 0 aliphatic carbocycles. The quantitative estimate of drug-likeness (QED) is 0.377. The lowest BCUT2D eigenvalue weighted by atomic mass is 9.99. The van der Waals surface area contributed by atoms with E-state index in [1.165, 1.54) is 76.2 Å². The highest BCUT2D eigenvalue weighted by atomic mass is 35.5. The molecule has 1 aromatic carbocycles. The number of aryl methyl sites for hydroxylation is 1. The highest BCUT2D eigenvalue weighted by Crippen LogP contribution is 2.17. The van der Waals surface area contributed by atoms with E-state index >= 15 is 0 Å². The van der Waals surface area contributed by atoms with E-state index in [0.29, 0.717) is 0 Å². The lowest BCUT2D eigenvalue weighted by molar-refractivity contribution is -0.884. The lowest BCUT2D eigenvalue weighted by Crippen LogP contribution is -3.00. The molecular weight excluding hydrogens is 314 g/mol. The van der Waals surface area contributed by atoms with Crippen molar-refractivity contribution in [3.8, 4) is 0 Å². The fourth-order valence-electron chi connectivity index (χ4n) is 3.27.